The molecule has 5 heteroatoms. The number of anilines is 2. The molecule has 0 saturated carbocycles. The summed E-state index contributed by atoms with van der Waals surface area (Å²) in [5.74, 6) is -1.12. The number of nitrogens with one attached hydrogen (secondary N) is 1. The van der Waals surface area contributed by atoms with Crippen LogP contribution >= 0.6 is 0 Å². The molecule has 0 unspecified atom stereocenters. The van der Waals surface area contributed by atoms with Crippen LogP contribution in [0.3, 0.4) is 0 Å². The van der Waals surface area contributed by atoms with Gasteiger partial charge >= 0.3 is 0 Å². The molecular formula is C17H12N2O3. The van der Waals surface area contributed by atoms with Crippen molar-refractivity contribution in [3.05, 3.63) is 71.3 Å². The van der Waals surface area contributed by atoms with Crippen LogP contribution < -0.4 is 11.1 Å². The van der Waals surface area contributed by atoms with Crippen LogP contribution in [0.2, 0.25) is 0 Å². The summed E-state index contributed by atoms with van der Waals surface area (Å²) in [6.45, 7) is 3.37. The number of nitrogen functional groups attached to an aromatic ring is 1. The van der Waals surface area contributed by atoms with Crippen LogP contribution in [0.25, 0.3) is 0 Å². The number of amides is 1. The minimum absolute atomic E-state index is 0.124. The lowest BCUT2D eigenvalue weighted by Crippen LogP contribution is -2.24. The molecule has 0 spiro atoms. The first-order chi connectivity index (χ1) is 10.5. The molecule has 5 nitrogen and oxygen atoms in total. The second kappa shape index (κ2) is 4.96. The maximum absolute atomic E-state index is 12.7. The van der Waals surface area contributed by atoms with Gasteiger partial charge in [-0.2, -0.15) is 0 Å². The molecule has 0 aliphatic heterocycles. The Morgan fingerprint density at radius 2 is 1.59 bits per heavy atom. The number of benzene rings is 2. The van der Waals surface area contributed by atoms with Crippen molar-refractivity contribution in [2.75, 3.05) is 11.1 Å². The summed E-state index contributed by atoms with van der Waals surface area (Å²) in [5, 5.41) is 2.54. The van der Waals surface area contributed by atoms with Gasteiger partial charge in [0, 0.05) is 16.8 Å². The zero-order chi connectivity index (χ0) is 15.9. The highest BCUT2D eigenvalue weighted by molar-refractivity contribution is 6.32. The second-order valence-corrected chi connectivity index (χ2v) is 4.85. The fourth-order valence-electron chi connectivity index (χ4n) is 2.54. The summed E-state index contributed by atoms with van der Waals surface area (Å²) in [5.41, 5.74) is 7.21. The van der Waals surface area contributed by atoms with Crippen molar-refractivity contribution >= 4 is 28.8 Å². The van der Waals surface area contributed by atoms with Crippen LogP contribution in [-0.4, -0.2) is 17.5 Å². The minimum atomic E-state index is -0.467. The predicted octanol–water partition coefficient (Wildman–Crippen LogP) is 2.17. The van der Waals surface area contributed by atoms with Gasteiger partial charge in [0.15, 0.2) is 11.6 Å². The zero-order valence-electron chi connectivity index (χ0n) is 11.6. The average molecular weight is 292 g/mol. The highest BCUT2D eigenvalue weighted by atomic mass is 16.2. The van der Waals surface area contributed by atoms with Crippen LogP contribution in [0.5, 0.6) is 0 Å². The molecule has 0 aromatic heterocycles. The van der Waals surface area contributed by atoms with Crippen molar-refractivity contribution in [3.8, 4) is 0 Å². The predicted molar refractivity (Wildman–Crippen MR) is 83.0 cm³/mol. The van der Waals surface area contributed by atoms with Crippen LogP contribution in [0.15, 0.2) is 49.1 Å². The maximum Gasteiger partial charge on any atom is 0.247 e. The van der Waals surface area contributed by atoms with E-state index in [1.165, 1.54) is 12.1 Å². The number of carbonyl (C=O) groups excluding carboxylic acids is 3. The summed E-state index contributed by atoms with van der Waals surface area (Å²) < 4.78 is 0. The fraction of sp³-hybridized carbons (Fsp3) is 0. The molecule has 2 aromatic rings. The van der Waals surface area contributed by atoms with Gasteiger partial charge in [0.1, 0.15) is 0 Å². The van der Waals surface area contributed by atoms with E-state index in [0.29, 0.717) is 11.1 Å². The Morgan fingerprint density at radius 3 is 2.18 bits per heavy atom. The second-order valence-electron chi connectivity index (χ2n) is 4.85. The molecule has 1 aliphatic rings. The van der Waals surface area contributed by atoms with E-state index in [9.17, 15) is 14.4 Å². The van der Waals surface area contributed by atoms with Crippen LogP contribution in [-0.2, 0) is 4.79 Å². The molecule has 0 atom stereocenters. The molecule has 3 N–H and O–H groups in total. The molecule has 0 bridgehead atoms. The van der Waals surface area contributed by atoms with Gasteiger partial charge in [-0.3, -0.25) is 14.4 Å². The SMILES string of the molecule is C=CC(=O)Nc1ccc(N)c2c1C(=O)c1ccccc1C2=O. The summed E-state index contributed by atoms with van der Waals surface area (Å²) in [6.07, 6.45) is 1.09. The minimum Gasteiger partial charge on any atom is -0.398 e. The van der Waals surface area contributed by atoms with Gasteiger partial charge in [-0.15, -0.1) is 0 Å². The van der Waals surface area contributed by atoms with E-state index in [1.807, 2.05) is 0 Å². The lowest BCUT2D eigenvalue weighted by atomic mass is 9.82. The van der Waals surface area contributed by atoms with Crippen molar-refractivity contribution < 1.29 is 14.4 Å². The van der Waals surface area contributed by atoms with Crippen molar-refractivity contribution in [1.82, 2.24) is 0 Å². The monoisotopic (exact) mass is 292 g/mol. The number of ketones is 2. The first-order valence-electron chi connectivity index (χ1n) is 6.59. The van der Waals surface area contributed by atoms with Crippen LogP contribution in [0.1, 0.15) is 31.8 Å². The number of nitrogens with two attached hydrogens (primary N) is 1. The number of hydrogen-bond donors (Lipinski definition) is 2. The van der Waals surface area contributed by atoms with Crippen molar-refractivity contribution in [1.29, 1.82) is 0 Å². The Balaban J connectivity index is 2.27. The van der Waals surface area contributed by atoms with Crippen LogP contribution in [0, 0.1) is 0 Å². The molecule has 3 rings (SSSR count). The Hall–Kier alpha value is -3.21. The van der Waals surface area contributed by atoms with E-state index < -0.39 is 5.91 Å². The van der Waals surface area contributed by atoms with Gasteiger partial charge in [-0.05, 0) is 18.2 Å². The lowest BCUT2D eigenvalue weighted by molar-refractivity contribution is -0.111. The summed E-state index contributed by atoms with van der Waals surface area (Å²) >= 11 is 0. The molecular weight excluding hydrogens is 280 g/mol. The molecule has 0 heterocycles. The summed E-state index contributed by atoms with van der Waals surface area (Å²) in [4.78, 5) is 36.9. The Bertz CT molecular complexity index is 853. The summed E-state index contributed by atoms with van der Waals surface area (Å²) in [7, 11) is 0. The smallest absolute Gasteiger partial charge is 0.247 e. The third-order valence-corrected chi connectivity index (χ3v) is 3.55. The van der Waals surface area contributed by atoms with Gasteiger partial charge in [0.05, 0.1) is 16.8 Å². The highest BCUT2D eigenvalue weighted by Gasteiger charge is 2.33. The lowest BCUT2D eigenvalue weighted by Gasteiger charge is -2.21. The third-order valence-electron chi connectivity index (χ3n) is 3.55. The van der Waals surface area contributed by atoms with Gasteiger partial charge in [-0.1, -0.05) is 30.8 Å². The van der Waals surface area contributed by atoms with Gasteiger partial charge in [0.25, 0.3) is 0 Å². The summed E-state index contributed by atoms with van der Waals surface area (Å²) in [6, 6.07) is 9.55. The van der Waals surface area contributed by atoms with Crippen molar-refractivity contribution in [2.45, 2.75) is 0 Å². The number of hydrogen-bond acceptors (Lipinski definition) is 4. The van der Waals surface area contributed by atoms with Gasteiger partial charge in [0.2, 0.25) is 5.91 Å². The van der Waals surface area contributed by atoms with E-state index in [2.05, 4.69) is 11.9 Å². The zero-order valence-corrected chi connectivity index (χ0v) is 11.6. The normalized spacial score (nSPS) is 12.4. The van der Waals surface area contributed by atoms with E-state index in [0.717, 1.165) is 6.08 Å². The topological polar surface area (TPSA) is 89.3 Å². The van der Waals surface area contributed by atoms with Crippen molar-refractivity contribution in [2.24, 2.45) is 0 Å². The molecule has 0 fully saturated rings. The molecule has 1 amide bonds. The molecule has 2 aromatic carbocycles. The average Bonchev–Trinajstić information content (AvgIpc) is 2.54. The van der Waals surface area contributed by atoms with E-state index in [1.54, 1.807) is 24.3 Å². The van der Waals surface area contributed by atoms with E-state index >= 15 is 0 Å². The van der Waals surface area contributed by atoms with Gasteiger partial charge < -0.3 is 11.1 Å². The van der Waals surface area contributed by atoms with E-state index in [-0.39, 0.29) is 34.1 Å². The number of rotatable bonds is 2. The molecule has 0 radical (unpaired) electrons. The fourth-order valence-corrected chi connectivity index (χ4v) is 2.54. The molecule has 22 heavy (non-hydrogen) atoms. The quantitative estimate of drug-likeness (QED) is 0.559. The first kappa shape index (κ1) is 13.8. The largest absolute Gasteiger partial charge is 0.398 e. The standard InChI is InChI=1S/C17H12N2O3/c1-2-13(20)19-12-8-7-11(18)14-15(12)17(22)10-6-4-3-5-9(10)16(14)21/h2-8H,1,18H2,(H,19,20). The maximum atomic E-state index is 12.7. The van der Waals surface area contributed by atoms with Crippen LogP contribution in [0.4, 0.5) is 11.4 Å². The Labute approximate surface area is 126 Å². The molecule has 108 valence electrons. The van der Waals surface area contributed by atoms with Crippen molar-refractivity contribution in [3.63, 3.8) is 0 Å². The third kappa shape index (κ3) is 1.91. The van der Waals surface area contributed by atoms with Gasteiger partial charge in [-0.25, -0.2) is 0 Å². The number of carbonyl (C=O) groups is 3. The number of fused-ring (bicyclic) bond motifs is 2. The first-order valence-corrected chi connectivity index (χ1v) is 6.59. The Morgan fingerprint density at radius 1 is 1.00 bits per heavy atom. The highest BCUT2D eigenvalue weighted by Crippen LogP contribution is 2.35. The Kier molecular flexibility index (Phi) is 3.10. The molecule has 0 saturated heterocycles. The molecule has 1 aliphatic carbocycles. The van der Waals surface area contributed by atoms with E-state index in [4.69, 9.17) is 5.73 Å².